The van der Waals surface area contributed by atoms with Crippen molar-refractivity contribution in [1.29, 1.82) is 0 Å². The fraction of sp³-hybridized carbons (Fsp3) is 0.571. The molecule has 0 saturated carbocycles. The van der Waals surface area contributed by atoms with Gasteiger partial charge in [-0.25, -0.2) is 17.2 Å². The Balaban J connectivity index is 2.66. The van der Waals surface area contributed by atoms with Crippen LogP contribution in [0.4, 0.5) is 8.78 Å². The number of hydrogen-bond donors (Lipinski definition) is 1. The number of halogens is 2. The number of nitrogens with one attached hydrogen (secondary N) is 1. The van der Waals surface area contributed by atoms with Gasteiger partial charge in [-0.1, -0.05) is 38.1 Å². The van der Waals surface area contributed by atoms with E-state index in [0.29, 0.717) is 22.5 Å². The molecule has 0 saturated heterocycles. The minimum absolute atomic E-state index is 0.270. The van der Waals surface area contributed by atoms with Gasteiger partial charge >= 0.3 is 0 Å². The fourth-order valence-electron chi connectivity index (χ4n) is 1.70. The summed E-state index contributed by atoms with van der Waals surface area (Å²) in [6.07, 6.45) is -2.67. The summed E-state index contributed by atoms with van der Waals surface area (Å²) >= 11 is 0. The largest absolute Gasteiger partial charge is 0.310 e. The minimum Gasteiger partial charge on any atom is -0.310 e. The molecular formula is C14H22F2N2O2S. The molecule has 0 aromatic heterocycles. The highest BCUT2D eigenvalue weighted by atomic mass is 32.2. The summed E-state index contributed by atoms with van der Waals surface area (Å²) in [5.74, 6) is -0.270. The zero-order valence-corrected chi connectivity index (χ0v) is 13.3. The maximum atomic E-state index is 12.2. The van der Waals surface area contributed by atoms with E-state index < -0.39 is 23.0 Å². The van der Waals surface area contributed by atoms with E-state index in [1.54, 1.807) is 12.1 Å². The number of sulfonamides is 1. The molecule has 0 radical (unpaired) electrons. The third kappa shape index (κ3) is 6.50. The van der Waals surface area contributed by atoms with E-state index in [-0.39, 0.29) is 5.75 Å². The van der Waals surface area contributed by atoms with E-state index in [2.05, 4.69) is 5.32 Å². The zero-order chi connectivity index (χ0) is 16.0. The molecule has 0 spiro atoms. The molecule has 1 aromatic rings. The molecule has 0 bridgehead atoms. The summed E-state index contributed by atoms with van der Waals surface area (Å²) in [5, 5.41) is 3.26. The van der Waals surface area contributed by atoms with Crippen LogP contribution in [-0.4, -0.2) is 38.8 Å². The Morgan fingerprint density at radius 1 is 1.14 bits per heavy atom. The van der Waals surface area contributed by atoms with Crippen LogP contribution in [0.2, 0.25) is 0 Å². The van der Waals surface area contributed by atoms with Crippen LogP contribution in [0.1, 0.15) is 25.0 Å². The van der Waals surface area contributed by atoms with Crippen LogP contribution in [0.5, 0.6) is 0 Å². The Labute approximate surface area is 125 Å². The van der Waals surface area contributed by atoms with Crippen LogP contribution < -0.4 is 5.32 Å². The van der Waals surface area contributed by atoms with Crippen LogP contribution in [0.3, 0.4) is 0 Å². The molecule has 1 N–H and O–H groups in total. The predicted octanol–water partition coefficient (Wildman–Crippen LogP) is 2.21. The lowest BCUT2D eigenvalue weighted by Crippen LogP contribution is -2.32. The highest BCUT2D eigenvalue weighted by Gasteiger charge is 2.21. The monoisotopic (exact) mass is 320 g/mol. The first kappa shape index (κ1) is 18.0. The molecule has 0 atom stereocenters. The zero-order valence-electron chi connectivity index (χ0n) is 12.5. The minimum atomic E-state index is -3.71. The van der Waals surface area contributed by atoms with Gasteiger partial charge in [0, 0.05) is 19.6 Å². The SMILES string of the molecule is CC(C)NCc1ccc(CS(=O)(=O)N(C)CC(F)F)cc1. The Bertz CT molecular complexity index is 530. The van der Waals surface area contributed by atoms with Crippen molar-refractivity contribution in [2.45, 2.75) is 38.6 Å². The molecule has 0 fully saturated rings. The molecule has 1 aromatic carbocycles. The van der Waals surface area contributed by atoms with Crippen molar-refractivity contribution in [3.63, 3.8) is 0 Å². The van der Waals surface area contributed by atoms with Crippen molar-refractivity contribution in [3.05, 3.63) is 35.4 Å². The molecule has 120 valence electrons. The van der Waals surface area contributed by atoms with E-state index in [1.807, 2.05) is 26.0 Å². The average molecular weight is 320 g/mol. The summed E-state index contributed by atoms with van der Waals surface area (Å²) in [4.78, 5) is 0. The fourth-order valence-corrected chi connectivity index (χ4v) is 2.88. The van der Waals surface area contributed by atoms with E-state index in [9.17, 15) is 17.2 Å². The molecule has 0 aliphatic carbocycles. The van der Waals surface area contributed by atoms with Gasteiger partial charge in [0.15, 0.2) is 0 Å². The van der Waals surface area contributed by atoms with Crippen LogP contribution in [0, 0.1) is 0 Å². The van der Waals surface area contributed by atoms with Crippen molar-refractivity contribution in [1.82, 2.24) is 9.62 Å². The van der Waals surface area contributed by atoms with Crippen molar-refractivity contribution >= 4 is 10.0 Å². The van der Waals surface area contributed by atoms with Gasteiger partial charge in [0.25, 0.3) is 6.43 Å². The van der Waals surface area contributed by atoms with Crippen LogP contribution in [0.25, 0.3) is 0 Å². The smallest absolute Gasteiger partial charge is 0.252 e. The second kappa shape index (κ2) is 7.82. The summed E-state index contributed by atoms with van der Waals surface area (Å²) in [6, 6.07) is 7.48. The first-order valence-electron chi connectivity index (χ1n) is 6.74. The van der Waals surface area contributed by atoms with Crippen LogP contribution in [-0.2, 0) is 22.3 Å². The molecule has 4 nitrogen and oxygen atoms in total. The van der Waals surface area contributed by atoms with Crippen molar-refractivity contribution in [2.75, 3.05) is 13.6 Å². The van der Waals surface area contributed by atoms with E-state index >= 15 is 0 Å². The number of hydrogen-bond acceptors (Lipinski definition) is 3. The molecule has 0 heterocycles. The lowest BCUT2D eigenvalue weighted by atomic mass is 10.1. The van der Waals surface area contributed by atoms with Gasteiger partial charge in [-0.3, -0.25) is 0 Å². The van der Waals surface area contributed by atoms with E-state index in [0.717, 1.165) is 5.56 Å². The second-order valence-corrected chi connectivity index (χ2v) is 7.36. The Morgan fingerprint density at radius 2 is 1.67 bits per heavy atom. The molecule has 1 rings (SSSR count). The van der Waals surface area contributed by atoms with E-state index in [1.165, 1.54) is 7.05 Å². The topological polar surface area (TPSA) is 49.4 Å². The molecule has 21 heavy (non-hydrogen) atoms. The molecule has 0 aliphatic rings. The molecule has 0 unspecified atom stereocenters. The van der Waals surface area contributed by atoms with Crippen molar-refractivity contribution in [3.8, 4) is 0 Å². The Morgan fingerprint density at radius 3 is 2.14 bits per heavy atom. The second-order valence-electron chi connectivity index (χ2n) is 5.28. The van der Waals surface area contributed by atoms with Gasteiger partial charge in [0.2, 0.25) is 10.0 Å². The Kier molecular flexibility index (Phi) is 6.70. The molecular weight excluding hydrogens is 298 g/mol. The highest BCUT2D eigenvalue weighted by Crippen LogP contribution is 2.12. The van der Waals surface area contributed by atoms with Gasteiger partial charge in [-0.2, -0.15) is 4.31 Å². The number of benzene rings is 1. The normalized spacial score (nSPS) is 12.6. The number of nitrogens with zero attached hydrogens (tertiary/aromatic N) is 1. The number of alkyl halides is 2. The van der Waals surface area contributed by atoms with Gasteiger partial charge in [0.1, 0.15) is 0 Å². The maximum absolute atomic E-state index is 12.2. The van der Waals surface area contributed by atoms with Crippen molar-refractivity contribution < 1.29 is 17.2 Å². The van der Waals surface area contributed by atoms with Crippen LogP contribution >= 0.6 is 0 Å². The molecule has 0 aliphatic heterocycles. The standard InChI is InChI=1S/C14H22F2N2O2S/c1-11(2)17-8-12-4-6-13(7-5-12)10-21(19,20)18(3)9-14(15)16/h4-7,11,14,17H,8-10H2,1-3H3. The van der Waals surface area contributed by atoms with Gasteiger partial charge in [-0.05, 0) is 11.1 Å². The van der Waals surface area contributed by atoms with Gasteiger partial charge in [0.05, 0.1) is 12.3 Å². The third-order valence-corrected chi connectivity index (χ3v) is 4.75. The molecule has 7 heteroatoms. The van der Waals surface area contributed by atoms with Gasteiger partial charge < -0.3 is 5.32 Å². The summed E-state index contributed by atoms with van der Waals surface area (Å²) in [6.45, 7) is 4.01. The molecule has 0 amide bonds. The average Bonchev–Trinajstić information content (AvgIpc) is 2.36. The summed E-state index contributed by atoms with van der Waals surface area (Å²) in [7, 11) is -2.54. The van der Waals surface area contributed by atoms with Gasteiger partial charge in [-0.15, -0.1) is 0 Å². The highest BCUT2D eigenvalue weighted by molar-refractivity contribution is 7.88. The predicted molar refractivity (Wildman–Crippen MR) is 79.7 cm³/mol. The lowest BCUT2D eigenvalue weighted by molar-refractivity contribution is 0.126. The lowest BCUT2D eigenvalue weighted by Gasteiger charge is -2.16. The quantitative estimate of drug-likeness (QED) is 0.799. The Hall–Kier alpha value is -1.05. The third-order valence-electron chi connectivity index (χ3n) is 2.96. The maximum Gasteiger partial charge on any atom is 0.252 e. The summed E-state index contributed by atoms with van der Waals surface area (Å²) in [5.41, 5.74) is 1.63. The van der Waals surface area contributed by atoms with Crippen molar-refractivity contribution in [2.24, 2.45) is 0 Å². The first-order valence-corrected chi connectivity index (χ1v) is 8.35. The summed E-state index contributed by atoms with van der Waals surface area (Å²) < 4.78 is 49.0. The van der Waals surface area contributed by atoms with E-state index in [4.69, 9.17) is 0 Å². The number of rotatable bonds is 8. The van der Waals surface area contributed by atoms with Crippen LogP contribution in [0.15, 0.2) is 24.3 Å². The first-order chi connectivity index (χ1) is 9.70.